The lowest BCUT2D eigenvalue weighted by Crippen LogP contribution is -2.28. The Morgan fingerprint density at radius 3 is 2.94 bits per heavy atom. The van der Waals surface area contributed by atoms with Gasteiger partial charge in [-0.1, -0.05) is 23.0 Å². The highest BCUT2D eigenvalue weighted by atomic mass is 35.5. The number of aromatic nitrogens is 2. The molecule has 0 fully saturated rings. The average molecular weight is 275 g/mol. The normalized spacial score (nSPS) is 12.9. The smallest absolute Gasteiger partial charge is 0.0944 e. The Bertz CT molecular complexity index is 468. The quantitative estimate of drug-likeness (QED) is 0.664. The van der Waals surface area contributed by atoms with Crippen molar-refractivity contribution >= 4 is 34.5 Å². The summed E-state index contributed by atoms with van der Waals surface area (Å²) in [5, 5.41) is 6.75. The Hall–Kier alpha value is -0.530. The molecule has 0 radical (unpaired) electrons. The van der Waals surface area contributed by atoms with Gasteiger partial charge >= 0.3 is 0 Å². The molecule has 1 atom stereocenters. The van der Waals surface area contributed by atoms with Crippen molar-refractivity contribution in [2.24, 2.45) is 5.84 Å². The van der Waals surface area contributed by atoms with E-state index in [0.717, 1.165) is 26.9 Å². The van der Waals surface area contributed by atoms with E-state index in [1.807, 2.05) is 18.4 Å². The molecule has 0 bridgehead atoms. The van der Waals surface area contributed by atoms with Gasteiger partial charge in [0.05, 0.1) is 21.6 Å². The fourth-order valence-electron chi connectivity index (χ4n) is 1.46. The number of rotatable bonds is 4. The van der Waals surface area contributed by atoms with Crippen LogP contribution in [0.5, 0.6) is 0 Å². The molecule has 7 heteroatoms. The monoisotopic (exact) mass is 274 g/mol. The number of thiophene rings is 1. The lowest BCUT2D eigenvalue weighted by molar-refractivity contribution is 0.649. The summed E-state index contributed by atoms with van der Waals surface area (Å²) in [5.74, 6) is 5.60. The fraction of sp³-hybridized carbons (Fsp3) is 0.333. The minimum absolute atomic E-state index is 0.109. The molecule has 2 aromatic heterocycles. The molecule has 86 valence electrons. The van der Waals surface area contributed by atoms with Crippen LogP contribution in [0, 0.1) is 0 Å². The van der Waals surface area contributed by atoms with Crippen LogP contribution in [0.25, 0.3) is 0 Å². The molecule has 0 aliphatic heterocycles. The van der Waals surface area contributed by atoms with Gasteiger partial charge in [-0.15, -0.1) is 16.4 Å². The molecule has 2 rings (SSSR count). The van der Waals surface area contributed by atoms with E-state index >= 15 is 0 Å². The topological polar surface area (TPSA) is 63.8 Å². The summed E-state index contributed by atoms with van der Waals surface area (Å²) in [6, 6.07) is 1.76. The van der Waals surface area contributed by atoms with Gasteiger partial charge < -0.3 is 0 Å². The Morgan fingerprint density at radius 1 is 1.56 bits per heavy atom. The fourth-order valence-corrected chi connectivity index (χ4v) is 3.58. The van der Waals surface area contributed by atoms with Gasteiger partial charge in [-0.05, 0) is 29.4 Å². The van der Waals surface area contributed by atoms with E-state index in [4.69, 9.17) is 17.4 Å². The Balaban J connectivity index is 2.40. The van der Waals surface area contributed by atoms with Gasteiger partial charge in [0.1, 0.15) is 0 Å². The Morgan fingerprint density at radius 2 is 2.38 bits per heavy atom. The van der Waals surface area contributed by atoms with Crippen LogP contribution in [-0.2, 0) is 6.42 Å². The van der Waals surface area contributed by atoms with Crippen LogP contribution in [0.15, 0.2) is 11.4 Å². The molecule has 16 heavy (non-hydrogen) atoms. The maximum atomic E-state index is 6.10. The first kappa shape index (κ1) is 11.9. The summed E-state index contributed by atoms with van der Waals surface area (Å²) >= 11 is 9.04. The van der Waals surface area contributed by atoms with Crippen molar-refractivity contribution < 1.29 is 0 Å². The number of hydrogen-bond acceptors (Lipinski definition) is 6. The molecule has 2 aromatic rings. The summed E-state index contributed by atoms with van der Waals surface area (Å²) in [5.41, 5.74) is 3.75. The molecule has 0 saturated heterocycles. The zero-order chi connectivity index (χ0) is 11.5. The van der Waals surface area contributed by atoms with Crippen LogP contribution >= 0.6 is 34.5 Å². The number of hydrazine groups is 1. The number of nitrogens with two attached hydrogens (primary N) is 1. The first-order chi connectivity index (χ1) is 7.77. The zero-order valence-electron chi connectivity index (χ0n) is 8.61. The highest BCUT2D eigenvalue weighted by Gasteiger charge is 2.22. The Labute approximate surface area is 107 Å². The predicted octanol–water partition coefficient (Wildman–Crippen LogP) is 2.37. The summed E-state index contributed by atoms with van der Waals surface area (Å²) < 4.78 is 3.96. The number of halogens is 1. The van der Waals surface area contributed by atoms with E-state index in [9.17, 15) is 0 Å². The van der Waals surface area contributed by atoms with Gasteiger partial charge in [-0.25, -0.2) is 5.43 Å². The standard InChI is InChI=1S/C9H11ClN4S2/c1-2-6-9(16-14-13-6)7(12-11)8-5(10)3-4-15-8/h3-4,7,12H,2,11H2,1H3. The van der Waals surface area contributed by atoms with Crippen molar-refractivity contribution in [3.05, 3.63) is 31.9 Å². The van der Waals surface area contributed by atoms with Gasteiger partial charge in [0.2, 0.25) is 0 Å². The third-order valence-electron chi connectivity index (χ3n) is 2.26. The molecule has 0 aliphatic carbocycles. The van der Waals surface area contributed by atoms with Crippen LogP contribution < -0.4 is 11.3 Å². The molecule has 1 unspecified atom stereocenters. The lowest BCUT2D eigenvalue weighted by Gasteiger charge is -2.13. The highest BCUT2D eigenvalue weighted by molar-refractivity contribution is 7.11. The van der Waals surface area contributed by atoms with Crippen molar-refractivity contribution in [3.8, 4) is 0 Å². The van der Waals surface area contributed by atoms with E-state index in [2.05, 4.69) is 15.0 Å². The average Bonchev–Trinajstić information content (AvgIpc) is 2.90. The van der Waals surface area contributed by atoms with Gasteiger partial charge in [0, 0.05) is 4.88 Å². The van der Waals surface area contributed by atoms with Gasteiger partial charge in [-0.2, -0.15) is 0 Å². The number of aryl methyl sites for hydroxylation is 1. The second kappa shape index (κ2) is 5.20. The minimum Gasteiger partial charge on any atom is -0.271 e. The first-order valence-electron chi connectivity index (χ1n) is 4.78. The van der Waals surface area contributed by atoms with Gasteiger partial charge in [0.25, 0.3) is 0 Å². The number of nitrogens with one attached hydrogen (secondary N) is 1. The van der Waals surface area contributed by atoms with Crippen molar-refractivity contribution in [3.63, 3.8) is 0 Å². The second-order valence-electron chi connectivity index (χ2n) is 3.17. The van der Waals surface area contributed by atoms with Gasteiger partial charge in [-0.3, -0.25) is 5.84 Å². The van der Waals surface area contributed by atoms with Crippen LogP contribution in [0.4, 0.5) is 0 Å². The molecule has 0 amide bonds. The van der Waals surface area contributed by atoms with E-state index < -0.39 is 0 Å². The molecule has 0 aromatic carbocycles. The molecule has 3 N–H and O–H groups in total. The van der Waals surface area contributed by atoms with E-state index in [1.54, 1.807) is 11.3 Å². The van der Waals surface area contributed by atoms with Gasteiger partial charge in [0.15, 0.2) is 0 Å². The zero-order valence-corrected chi connectivity index (χ0v) is 11.0. The van der Waals surface area contributed by atoms with Crippen molar-refractivity contribution in [2.45, 2.75) is 19.4 Å². The summed E-state index contributed by atoms with van der Waals surface area (Å²) in [7, 11) is 0. The molecule has 0 aliphatic rings. The molecule has 4 nitrogen and oxygen atoms in total. The highest BCUT2D eigenvalue weighted by Crippen LogP contribution is 2.34. The third kappa shape index (κ3) is 2.11. The summed E-state index contributed by atoms with van der Waals surface area (Å²) in [6.45, 7) is 2.05. The molecular formula is C9H11ClN4S2. The lowest BCUT2D eigenvalue weighted by atomic mass is 10.1. The van der Waals surface area contributed by atoms with E-state index in [1.165, 1.54) is 11.5 Å². The summed E-state index contributed by atoms with van der Waals surface area (Å²) in [6.07, 6.45) is 0.840. The van der Waals surface area contributed by atoms with Crippen molar-refractivity contribution in [1.82, 2.24) is 15.0 Å². The maximum absolute atomic E-state index is 6.10. The molecule has 0 saturated carbocycles. The molecule has 2 heterocycles. The van der Waals surface area contributed by atoms with Crippen LogP contribution in [0.2, 0.25) is 5.02 Å². The van der Waals surface area contributed by atoms with E-state index in [0.29, 0.717) is 0 Å². The molecule has 0 spiro atoms. The van der Waals surface area contributed by atoms with Crippen molar-refractivity contribution in [1.29, 1.82) is 0 Å². The predicted molar refractivity (Wildman–Crippen MR) is 67.8 cm³/mol. The largest absolute Gasteiger partial charge is 0.271 e. The third-order valence-corrected chi connectivity index (χ3v) is 4.51. The Kier molecular flexibility index (Phi) is 3.88. The first-order valence-corrected chi connectivity index (χ1v) is 6.81. The SMILES string of the molecule is CCc1nnsc1C(NN)c1sccc1Cl. The van der Waals surface area contributed by atoms with E-state index in [-0.39, 0.29) is 6.04 Å². The number of hydrogen-bond donors (Lipinski definition) is 2. The van der Waals surface area contributed by atoms with Crippen molar-refractivity contribution in [2.75, 3.05) is 0 Å². The molecular weight excluding hydrogens is 264 g/mol. The van der Waals surface area contributed by atoms with Crippen LogP contribution in [0.3, 0.4) is 0 Å². The van der Waals surface area contributed by atoms with Crippen LogP contribution in [-0.4, -0.2) is 9.59 Å². The van der Waals surface area contributed by atoms with Crippen LogP contribution in [0.1, 0.15) is 28.4 Å². The number of nitrogens with zero attached hydrogens (tertiary/aromatic N) is 2. The second-order valence-corrected chi connectivity index (χ2v) is 5.31. The maximum Gasteiger partial charge on any atom is 0.0944 e. The summed E-state index contributed by atoms with van der Waals surface area (Å²) in [4.78, 5) is 2.04. The minimum atomic E-state index is -0.109.